The van der Waals surface area contributed by atoms with Crippen LogP contribution in [0.2, 0.25) is 0 Å². The summed E-state index contributed by atoms with van der Waals surface area (Å²) in [6.07, 6.45) is 7.59. The van der Waals surface area contributed by atoms with Gasteiger partial charge in [-0.25, -0.2) is 9.50 Å². The maximum Gasteiger partial charge on any atom is 0.127 e. The Morgan fingerprint density at radius 3 is 3.05 bits per heavy atom. The molecule has 0 atom stereocenters. The van der Waals surface area contributed by atoms with E-state index in [4.69, 9.17) is 10.7 Å². The van der Waals surface area contributed by atoms with Crippen LogP contribution in [0.5, 0.6) is 0 Å². The molecule has 4 aromatic rings. The van der Waals surface area contributed by atoms with Crippen LogP contribution >= 0.6 is 11.3 Å². The van der Waals surface area contributed by atoms with Gasteiger partial charge in [0.25, 0.3) is 0 Å². The van der Waals surface area contributed by atoms with E-state index in [1.165, 1.54) is 0 Å². The average molecular weight is 310 g/mol. The minimum Gasteiger partial charge on any atom is -0.329 e. The smallest absolute Gasteiger partial charge is 0.127 e. The van der Waals surface area contributed by atoms with Crippen LogP contribution in [0.15, 0.2) is 48.4 Å². The fourth-order valence-corrected chi connectivity index (χ4v) is 3.23. The molecular formula is C15H14N6S. The number of aromatic nitrogens is 5. The van der Waals surface area contributed by atoms with Crippen molar-refractivity contribution in [3.05, 3.63) is 48.4 Å². The largest absolute Gasteiger partial charge is 0.329 e. The quantitative estimate of drug-likeness (QED) is 0.627. The lowest BCUT2D eigenvalue weighted by molar-refractivity contribution is 0.625. The molecule has 0 aliphatic rings. The molecule has 0 fully saturated rings. The van der Waals surface area contributed by atoms with Crippen LogP contribution in [-0.2, 0) is 6.54 Å². The Hall–Kier alpha value is -2.51. The summed E-state index contributed by atoms with van der Waals surface area (Å²) in [7, 11) is 0. The molecular weight excluding hydrogens is 296 g/mol. The first-order chi connectivity index (χ1) is 10.8. The van der Waals surface area contributed by atoms with Gasteiger partial charge in [-0.15, -0.1) is 11.3 Å². The van der Waals surface area contributed by atoms with Crippen LogP contribution in [0.4, 0.5) is 0 Å². The summed E-state index contributed by atoms with van der Waals surface area (Å²) in [4.78, 5) is 4.73. The maximum absolute atomic E-state index is 5.55. The van der Waals surface area contributed by atoms with Gasteiger partial charge < -0.3 is 5.73 Å². The van der Waals surface area contributed by atoms with Crippen LogP contribution in [0.1, 0.15) is 0 Å². The summed E-state index contributed by atoms with van der Waals surface area (Å²) >= 11 is 1.61. The number of rotatable bonds is 4. The van der Waals surface area contributed by atoms with Crippen molar-refractivity contribution in [1.82, 2.24) is 24.4 Å². The van der Waals surface area contributed by atoms with E-state index in [-0.39, 0.29) is 0 Å². The average Bonchev–Trinajstić information content (AvgIpc) is 3.25. The van der Waals surface area contributed by atoms with Crippen molar-refractivity contribution in [3.8, 4) is 21.8 Å². The Labute approximate surface area is 130 Å². The summed E-state index contributed by atoms with van der Waals surface area (Å²) < 4.78 is 3.69. The molecule has 110 valence electrons. The first-order valence-electron chi connectivity index (χ1n) is 6.96. The summed E-state index contributed by atoms with van der Waals surface area (Å²) in [5, 5.41) is 11.7. The van der Waals surface area contributed by atoms with Crippen molar-refractivity contribution in [3.63, 3.8) is 0 Å². The third-order valence-corrected chi connectivity index (χ3v) is 4.32. The van der Waals surface area contributed by atoms with E-state index in [0.717, 1.165) is 27.3 Å². The van der Waals surface area contributed by atoms with Gasteiger partial charge in [0.2, 0.25) is 0 Å². The second-order valence-corrected chi connectivity index (χ2v) is 5.77. The minimum atomic E-state index is 0.575. The van der Waals surface area contributed by atoms with Crippen LogP contribution in [0.3, 0.4) is 0 Å². The normalized spacial score (nSPS) is 11.3. The van der Waals surface area contributed by atoms with Gasteiger partial charge in [0.05, 0.1) is 35.7 Å². The Balaban J connectivity index is 1.71. The predicted octanol–water partition coefficient (Wildman–Crippen LogP) is 2.28. The van der Waals surface area contributed by atoms with E-state index in [0.29, 0.717) is 13.1 Å². The number of hydrogen-bond donors (Lipinski definition) is 1. The van der Waals surface area contributed by atoms with E-state index in [1.54, 1.807) is 11.3 Å². The lowest BCUT2D eigenvalue weighted by Crippen LogP contribution is -2.09. The number of thiazole rings is 1. The number of nitrogens with two attached hydrogens (primary N) is 1. The van der Waals surface area contributed by atoms with Gasteiger partial charge in [-0.2, -0.15) is 10.2 Å². The van der Waals surface area contributed by atoms with Crippen molar-refractivity contribution < 1.29 is 0 Å². The van der Waals surface area contributed by atoms with Crippen LogP contribution in [0, 0.1) is 0 Å². The lowest BCUT2D eigenvalue weighted by Gasteiger charge is -1.95. The Bertz CT molecular complexity index is 919. The molecule has 0 radical (unpaired) electrons. The third kappa shape index (κ3) is 2.20. The topological polar surface area (TPSA) is 74.0 Å². The Kier molecular flexibility index (Phi) is 3.21. The molecule has 0 unspecified atom stereocenters. The molecule has 6 nitrogen and oxygen atoms in total. The van der Waals surface area contributed by atoms with Gasteiger partial charge in [-0.3, -0.25) is 4.68 Å². The van der Waals surface area contributed by atoms with Crippen molar-refractivity contribution in [2.75, 3.05) is 6.54 Å². The number of hydrogen-bond acceptors (Lipinski definition) is 5. The second kappa shape index (κ2) is 5.36. The van der Waals surface area contributed by atoms with E-state index in [9.17, 15) is 0 Å². The molecule has 0 amide bonds. The van der Waals surface area contributed by atoms with Gasteiger partial charge >= 0.3 is 0 Å². The standard InChI is InChI=1S/C15H14N6S/c16-4-6-20-9-11(7-17-20)13-10-22-15(19-13)12-8-18-21-5-2-1-3-14(12)21/h1-3,5,7-10H,4,6,16H2. The Morgan fingerprint density at radius 2 is 2.14 bits per heavy atom. The fraction of sp³-hybridized carbons (Fsp3) is 0.133. The van der Waals surface area contributed by atoms with E-state index in [2.05, 4.69) is 10.2 Å². The molecule has 4 heterocycles. The highest BCUT2D eigenvalue weighted by Crippen LogP contribution is 2.31. The molecule has 0 aliphatic heterocycles. The number of fused-ring (bicyclic) bond motifs is 1. The van der Waals surface area contributed by atoms with Crippen molar-refractivity contribution in [2.45, 2.75) is 6.54 Å². The number of pyridine rings is 1. The first-order valence-corrected chi connectivity index (χ1v) is 7.84. The summed E-state index contributed by atoms with van der Waals surface area (Å²) in [5.74, 6) is 0. The molecule has 0 bridgehead atoms. The highest BCUT2D eigenvalue weighted by atomic mass is 32.1. The van der Waals surface area contributed by atoms with Crippen molar-refractivity contribution >= 4 is 16.9 Å². The third-order valence-electron chi connectivity index (χ3n) is 3.45. The maximum atomic E-state index is 5.55. The van der Waals surface area contributed by atoms with Crippen molar-refractivity contribution in [2.24, 2.45) is 5.73 Å². The van der Waals surface area contributed by atoms with Gasteiger partial charge in [-0.05, 0) is 12.1 Å². The molecule has 4 rings (SSSR count). The molecule has 7 heteroatoms. The van der Waals surface area contributed by atoms with E-state index >= 15 is 0 Å². The first kappa shape index (κ1) is 13.2. The SMILES string of the molecule is NCCn1cc(-c2csc(-c3cnn4ccccc34)n2)cn1. The highest BCUT2D eigenvalue weighted by Gasteiger charge is 2.12. The lowest BCUT2D eigenvalue weighted by atomic mass is 10.2. The molecule has 0 aromatic carbocycles. The van der Waals surface area contributed by atoms with Crippen molar-refractivity contribution in [1.29, 1.82) is 0 Å². The zero-order valence-electron chi connectivity index (χ0n) is 11.8. The molecule has 0 saturated carbocycles. The van der Waals surface area contributed by atoms with Gasteiger partial charge in [0.1, 0.15) is 5.01 Å². The van der Waals surface area contributed by atoms with Gasteiger partial charge in [0, 0.05) is 29.9 Å². The summed E-state index contributed by atoms with van der Waals surface area (Å²) in [6, 6.07) is 6.01. The molecule has 2 N–H and O–H groups in total. The molecule has 0 aliphatic carbocycles. The zero-order chi connectivity index (χ0) is 14.9. The monoisotopic (exact) mass is 310 g/mol. The second-order valence-electron chi connectivity index (χ2n) is 4.91. The molecule has 22 heavy (non-hydrogen) atoms. The van der Waals surface area contributed by atoms with Crippen LogP contribution < -0.4 is 5.73 Å². The summed E-state index contributed by atoms with van der Waals surface area (Å²) in [6.45, 7) is 1.29. The zero-order valence-corrected chi connectivity index (χ0v) is 12.6. The number of nitrogens with zero attached hydrogens (tertiary/aromatic N) is 5. The minimum absolute atomic E-state index is 0.575. The molecule has 4 aromatic heterocycles. The fourth-order valence-electron chi connectivity index (χ4n) is 2.38. The van der Waals surface area contributed by atoms with E-state index in [1.807, 2.05) is 57.6 Å². The van der Waals surface area contributed by atoms with Crippen LogP contribution in [0.25, 0.3) is 27.3 Å². The van der Waals surface area contributed by atoms with E-state index < -0.39 is 0 Å². The van der Waals surface area contributed by atoms with Crippen LogP contribution in [-0.4, -0.2) is 30.9 Å². The molecule has 0 spiro atoms. The van der Waals surface area contributed by atoms with Gasteiger partial charge in [0.15, 0.2) is 0 Å². The summed E-state index contributed by atoms with van der Waals surface area (Å²) in [5.41, 5.74) is 9.59. The highest BCUT2D eigenvalue weighted by molar-refractivity contribution is 7.13. The molecule has 0 saturated heterocycles. The predicted molar refractivity (Wildman–Crippen MR) is 86.6 cm³/mol. The van der Waals surface area contributed by atoms with Gasteiger partial charge in [-0.1, -0.05) is 6.07 Å². The Morgan fingerprint density at radius 1 is 1.18 bits per heavy atom.